The number of amides is 1. The van der Waals surface area contributed by atoms with Gasteiger partial charge in [-0.15, -0.1) is 0 Å². The Morgan fingerprint density at radius 2 is 1.89 bits per heavy atom. The molecule has 0 N–H and O–H groups in total. The number of para-hydroxylation sites is 1. The average molecular weight is 249 g/mol. The second kappa shape index (κ2) is 5.40. The smallest absolute Gasteiger partial charge is 0.257 e. The SMILES string of the molecule is COc1ccccc1C(=O)N1CC(C)OC(C)C1. The standard InChI is InChI=1S/C14H19NO3/c1-10-8-15(9-11(2)18-10)14(16)12-6-4-5-7-13(12)17-3/h4-7,10-11H,8-9H2,1-3H3. The summed E-state index contributed by atoms with van der Waals surface area (Å²) in [6.07, 6.45) is 0.153. The summed E-state index contributed by atoms with van der Waals surface area (Å²) in [4.78, 5) is 14.3. The van der Waals surface area contributed by atoms with Crippen molar-refractivity contribution in [1.29, 1.82) is 0 Å². The number of morpholine rings is 1. The number of hydrogen-bond donors (Lipinski definition) is 0. The van der Waals surface area contributed by atoms with Gasteiger partial charge in [-0.05, 0) is 26.0 Å². The van der Waals surface area contributed by atoms with E-state index < -0.39 is 0 Å². The van der Waals surface area contributed by atoms with Gasteiger partial charge >= 0.3 is 0 Å². The van der Waals surface area contributed by atoms with E-state index in [9.17, 15) is 4.79 Å². The van der Waals surface area contributed by atoms with Crippen molar-refractivity contribution in [2.24, 2.45) is 0 Å². The molecule has 1 heterocycles. The molecule has 2 unspecified atom stereocenters. The van der Waals surface area contributed by atoms with Crippen LogP contribution in [0.1, 0.15) is 24.2 Å². The minimum Gasteiger partial charge on any atom is -0.496 e. The highest BCUT2D eigenvalue weighted by atomic mass is 16.5. The van der Waals surface area contributed by atoms with Gasteiger partial charge in [0, 0.05) is 13.1 Å². The molecule has 0 saturated carbocycles. The van der Waals surface area contributed by atoms with Crippen LogP contribution in [0.4, 0.5) is 0 Å². The van der Waals surface area contributed by atoms with Gasteiger partial charge in [-0.2, -0.15) is 0 Å². The van der Waals surface area contributed by atoms with Crippen molar-refractivity contribution in [2.75, 3.05) is 20.2 Å². The number of rotatable bonds is 2. The van der Waals surface area contributed by atoms with Gasteiger partial charge in [0.05, 0.1) is 24.9 Å². The van der Waals surface area contributed by atoms with Gasteiger partial charge in [0.2, 0.25) is 0 Å². The zero-order valence-electron chi connectivity index (χ0n) is 11.1. The van der Waals surface area contributed by atoms with Crippen molar-refractivity contribution < 1.29 is 14.3 Å². The Balaban J connectivity index is 2.20. The van der Waals surface area contributed by atoms with E-state index in [1.54, 1.807) is 19.2 Å². The van der Waals surface area contributed by atoms with Crippen LogP contribution in [-0.4, -0.2) is 43.2 Å². The Hall–Kier alpha value is -1.55. The first kappa shape index (κ1) is 12.9. The first-order valence-electron chi connectivity index (χ1n) is 6.19. The largest absolute Gasteiger partial charge is 0.496 e. The summed E-state index contributed by atoms with van der Waals surface area (Å²) in [6.45, 7) is 5.22. The Morgan fingerprint density at radius 3 is 2.50 bits per heavy atom. The summed E-state index contributed by atoms with van der Waals surface area (Å²) in [5.41, 5.74) is 0.612. The monoisotopic (exact) mass is 249 g/mol. The summed E-state index contributed by atoms with van der Waals surface area (Å²) in [5, 5.41) is 0. The lowest BCUT2D eigenvalue weighted by Gasteiger charge is -2.35. The number of carbonyl (C=O) groups excluding carboxylic acids is 1. The third-order valence-electron chi connectivity index (χ3n) is 3.04. The van der Waals surface area contributed by atoms with Gasteiger partial charge in [-0.25, -0.2) is 0 Å². The van der Waals surface area contributed by atoms with Crippen LogP contribution in [0.2, 0.25) is 0 Å². The average Bonchev–Trinajstić information content (AvgIpc) is 2.36. The highest BCUT2D eigenvalue weighted by Crippen LogP contribution is 2.21. The predicted molar refractivity (Wildman–Crippen MR) is 68.9 cm³/mol. The van der Waals surface area contributed by atoms with E-state index in [1.807, 2.05) is 30.9 Å². The fourth-order valence-corrected chi connectivity index (χ4v) is 2.34. The molecule has 1 aliphatic rings. The van der Waals surface area contributed by atoms with Crippen LogP contribution in [-0.2, 0) is 4.74 Å². The number of carbonyl (C=O) groups is 1. The Bertz CT molecular complexity index is 423. The summed E-state index contributed by atoms with van der Waals surface area (Å²) in [7, 11) is 1.58. The number of methoxy groups -OCH3 is 1. The van der Waals surface area contributed by atoms with Crippen LogP contribution >= 0.6 is 0 Å². The van der Waals surface area contributed by atoms with Crippen LogP contribution in [0.5, 0.6) is 5.75 Å². The fraction of sp³-hybridized carbons (Fsp3) is 0.500. The molecule has 0 aliphatic carbocycles. The van der Waals surface area contributed by atoms with E-state index in [2.05, 4.69) is 0 Å². The van der Waals surface area contributed by atoms with Crippen LogP contribution < -0.4 is 4.74 Å². The molecule has 1 aliphatic heterocycles. The summed E-state index contributed by atoms with van der Waals surface area (Å²) < 4.78 is 10.9. The molecule has 2 rings (SSSR count). The van der Waals surface area contributed by atoms with E-state index in [0.29, 0.717) is 24.4 Å². The van der Waals surface area contributed by atoms with Crippen LogP contribution in [0.25, 0.3) is 0 Å². The molecule has 1 fully saturated rings. The molecule has 0 radical (unpaired) electrons. The lowest BCUT2D eigenvalue weighted by molar-refractivity contribution is -0.0586. The highest BCUT2D eigenvalue weighted by molar-refractivity contribution is 5.97. The fourth-order valence-electron chi connectivity index (χ4n) is 2.34. The Morgan fingerprint density at radius 1 is 1.28 bits per heavy atom. The first-order chi connectivity index (χ1) is 8.61. The molecule has 4 heteroatoms. The summed E-state index contributed by atoms with van der Waals surface area (Å²) in [5.74, 6) is 0.628. The minimum absolute atomic E-state index is 0.00875. The third-order valence-corrected chi connectivity index (χ3v) is 3.04. The Kier molecular flexibility index (Phi) is 3.87. The zero-order chi connectivity index (χ0) is 13.1. The van der Waals surface area contributed by atoms with Crippen molar-refractivity contribution in [1.82, 2.24) is 4.90 Å². The van der Waals surface area contributed by atoms with Gasteiger partial charge in [0.1, 0.15) is 5.75 Å². The van der Waals surface area contributed by atoms with E-state index in [1.165, 1.54) is 0 Å². The van der Waals surface area contributed by atoms with Crippen LogP contribution in [0.15, 0.2) is 24.3 Å². The second-order valence-electron chi connectivity index (χ2n) is 4.67. The van der Waals surface area contributed by atoms with Crippen molar-refractivity contribution in [3.8, 4) is 5.75 Å². The van der Waals surface area contributed by atoms with Gasteiger partial charge in [0.25, 0.3) is 5.91 Å². The van der Waals surface area contributed by atoms with E-state index in [-0.39, 0.29) is 18.1 Å². The molecular formula is C14H19NO3. The quantitative estimate of drug-likeness (QED) is 0.804. The van der Waals surface area contributed by atoms with Gasteiger partial charge in [-0.1, -0.05) is 12.1 Å². The number of benzene rings is 1. The first-order valence-corrected chi connectivity index (χ1v) is 6.19. The van der Waals surface area contributed by atoms with Crippen molar-refractivity contribution in [3.63, 3.8) is 0 Å². The zero-order valence-corrected chi connectivity index (χ0v) is 11.1. The van der Waals surface area contributed by atoms with Crippen molar-refractivity contribution >= 4 is 5.91 Å². The molecule has 1 amide bonds. The van der Waals surface area contributed by atoms with Crippen molar-refractivity contribution in [3.05, 3.63) is 29.8 Å². The minimum atomic E-state index is 0.00875. The predicted octanol–water partition coefficient (Wildman–Crippen LogP) is 1.94. The Labute approximate surface area is 107 Å². The van der Waals surface area contributed by atoms with Crippen LogP contribution in [0, 0.1) is 0 Å². The van der Waals surface area contributed by atoms with Gasteiger partial charge in [0.15, 0.2) is 0 Å². The topological polar surface area (TPSA) is 38.8 Å². The number of nitrogens with zero attached hydrogens (tertiary/aromatic N) is 1. The molecule has 18 heavy (non-hydrogen) atoms. The highest BCUT2D eigenvalue weighted by Gasteiger charge is 2.27. The van der Waals surface area contributed by atoms with E-state index in [4.69, 9.17) is 9.47 Å². The lowest BCUT2D eigenvalue weighted by atomic mass is 10.1. The van der Waals surface area contributed by atoms with Gasteiger partial charge in [-0.3, -0.25) is 4.79 Å². The lowest BCUT2D eigenvalue weighted by Crippen LogP contribution is -2.48. The molecule has 4 nitrogen and oxygen atoms in total. The maximum atomic E-state index is 12.5. The number of hydrogen-bond acceptors (Lipinski definition) is 3. The summed E-state index contributed by atoms with van der Waals surface area (Å²) >= 11 is 0. The molecule has 0 aromatic heterocycles. The molecule has 1 saturated heterocycles. The molecular weight excluding hydrogens is 230 g/mol. The molecule has 98 valence electrons. The molecule has 1 aromatic carbocycles. The maximum absolute atomic E-state index is 12.5. The molecule has 1 aromatic rings. The molecule has 0 bridgehead atoms. The molecule has 2 atom stereocenters. The summed E-state index contributed by atoms with van der Waals surface area (Å²) in [6, 6.07) is 7.32. The second-order valence-corrected chi connectivity index (χ2v) is 4.67. The molecule has 0 spiro atoms. The maximum Gasteiger partial charge on any atom is 0.257 e. The van der Waals surface area contributed by atoms with E-state index in [0.717, 1.165) is 0 Å². The van der Waals surface area contributed by atoms with Crippen LogP contribution in [0.3, 0.4) is 0 Å². The number of ether oxygens (including phenoxy) is 2. The third kappa shape index (κ3) is 2.64. The normalized spacial score (nSPS) is 23.8. The van der Waals surface area contributed by atoms with E-state index >= 15 is 0 Å². The van der Waals surface area contributed by atoms with Gasteiger partial charge < -0.3 is 14.4 Å². The van der Waals surface area contributed by atoms with Crippen molar-refractivity contribution in [2.45, 2.75) is 26.1 Å².